The van der Waals surface area contributed by atoms with Crippen molar-refractivity contribution in [3.63, 3.8) is 0 Å². The summed E-state index contributed by atoms with van der Waals surface area (Å²) in [6, 6.07) is 0. The predicted molar refractivity (Wildman–Crippen MR) is 73.4 cm³/mol. The van der Waals surface area contributed by atoms with E-state index in [0.717, 1.165) is 12.8 Å². The molecule has 0 bridgehead atoms. The standard InChI is InChI=1S/C12H24N2O4S/c1-3-5-10-18-12(15)14-8-6-11(7-9-14)19(16,17)13-4-2/h11,13H,3-10H2,1-2H3. The Labute approximate surface area is 115 Å². The van der Waals surface area contributed by atoms with Gasteiger partial charge in [-0.2, -0.15) is 0 Å². The molecule has 0 radical (unpaired) electrons. The molecule has 7 heteroatoms. The Balaban J connectivity index is 2.38. The monoisotopic (exact) mass is 292 g/mol. The van der Waals surface area contributed by atoms with Crippen LogP contribution in [0, 0.1) is 0 Å². The average molecular weight is 292 g/mol. The SMILES string of the molecule is CCCCOC(=O)N1CCC(S(=O)(=O)NCC)CC1. The number of unbranched alkanes of at least 4 members (excludes halogenated alkanes) is 1. The Kier molecular flexibility index (Phi) is 6.57. The highest BCUT2D eigenvalue weighted by Gasteiger charge is 2.31. The van der Waals surface area contributed by atoms with Gasteiger partial charge in [-0.25, -0.2) is 17.9 Å². The minimum absolute atomic E-state index is 0.326. The first-order valence-corrected chi connectivity index (χ1v) is 8.46. The molecule has 1 heterocycles. The Bertz CT molecular complexity index is 375. The molecule has 1 aliphatic heterocycles. The van der Waals surface area contributed by atoms with E-state index in [-0.39, 0.29) is 6.09 Å². The van der Waals surface area contributed by atoms with E-state index in [9.17, 15) is 13.2 Å². The summed E-state index contributed by atoms with van der Waals surface area (Å²) in [5, 5.41) is -0.396. The van der Waals surface area contributed by atoms with Gasteiger partial charge >= 0.3 is 6.09 Å². The molecule has 0 atom stereocenters. The van der Waals surface area contributed by atoms with E-state index < -0.39 is 15.3 Å². The summed E-state index contributed by atoms with van der Waals surface area (Å²) in [6.45, 7) is 5.52. The van der Waals surface area contributed by atoms with Crippen LogP contribution in [0.4, 0.5) is 4.79 Å². The van der Waals surface area contributed by atoms with Crippen LogP contribution in [0.1, 0.15) is 39.5 Å². The summed E-state index contributed by atoms with van der Waals surface area (Å²) in [6.07, 6.45) is 2.46. The van der Waals surface area contributed by atoms with Gasteiger partial charge in [-0.15, -0.1) is 0 Å². The second-order valence-corrected chi connectivity index (χ2v) is 6.74. The van der Waals surface area contributed by atoms with Crippen molar-refractivity contribution >= 4 is 16.1 Å². The fourth-order valence-electron chi connectivity index (χ4n) is 2.06. The van der Waals surface area contributed by atoms with Crippen molar-refractivity contribution in [1.29, 1.82) is 0 Å². The third kappa shape index (κ3) is 4.99. The number of amides is 1. The largest absolute Gasteiger partial charge is 0.449 e. The number of nitrogens with one attached hydrogen (secondary N) is 1. The molecule has 1 rings (SSSR count). The van der Waals surface area contributed by atoms with Crippen LogP contribution in [0.2, 0.25) is 0 Å². The van der Waals surface area contributed by atoms with E-state index in [1.807, 2.05) is 6.92 Å². The number of carbonyl (C=O) groups excluding carboxylic acids is 1. The molecule has 0 aliphatic carbocycles. The van der Waals surface area contributed by atoms with Crippen molar-refractivity contribution in [3.05, 3.63) is 0 Å². The molecule has 1 saturated heterocycles. The molecule has 0 aromatic rings. The van der Waals surface area contributed by atoms with Crippen LogP contribution >= 0.6 is 0 Å². The highest BCUT2D eigenvalue weighted by molar-refractivity contribution is 7.90. The minimum atomic E-state index is -3.23. The zero-order chi connectivity index (χ0) is 14.3. The first-order valence-electron chi connectivity index (χ1n) is 6.91. The molecule has 1 aliphatic rings. The Hall–Kier alpha value is -0.820. The summed E-state index contributed by atoms with van der Waals surface area (Å²) in [5.74, 6) is 0. The maximum absolute atomic E-state index is 11.8. The molecule has 112 valence electrons. The molecule has 0 aromatic heterocycles. The van der Waals surface area contributed by atoms with Gasteiger partial charge < -0.3 is 9.64 Å². The average Bonchev–Trinajstić information content (AvgIpc) is 2.39. The number of rotatable bonds is 6. The third-order valence-electron chi connectivity index (χ3n) is 3.21. The number of piperidine rings is 1. The fraction of sp³-hybridized carbons (Fsp3) is 0.917. The van der Waals surface area contributed by atoms with E-state index in [1.54, 1.807) is 11.8 Å². The smallest absolute Gasteiger partial charge is 0.409 e. The minimum Gasteiger partial charge on any atom is -0.449 e. The van der Waals surface area contributed by atoms with Crippen LogP contribution in [0.3, 0.4) is 0 Å². The van der Waals surface area contributed by atoms with Crippen molar-refractivity contribution in [1.82, 2.24) is 9.62 Å². The first kappa shape index (κ1) is 16.2. The summed E-state index contributed by atoms with van der Waals surface area (Å²) >= 11 is 0. The molecular formula is C12H24N2O4S. The third-order valence-corrected chi connectivity index (χ3v) is 5.25. The fourth-order valence-corrected chi connectivity index (χ4v) is 3.53. The van der Waals surface area contributed by atoms with Crippen molar-refractivity contribution in [2.45, 2.75) is 44.8 Å². The summed E-state index contributed by atoms with van der Waals surface area (Å²) < 4.78 is 31.3. The number of hydrogen-bond donors (Lipinski definition) is 1. The van der Waals surface area contributed by atoms with Crippen LogP contribution in [0.25, 0.3) is 0 Å². The van der Waals surface area contributed by atoms with Gasteiger partial charge in [0.2, 0.25) is 10.0 Å². The zero-order valence-corrected chi connectivity index (χ0v) is 12.5. The number of nitrogens with zero attached hydrogens (tertiary/aromatic N) is 1. The van der Waals surface area contributed by atoms with Gasteiger partial charge in [-0.3, -0.25) is 0 Å². The predicted octanol–water partition coefficient (Wildman–Crippen LogP) is 1.33. The van der Waals surface area contributed by atoms with Crippen molar-refractivity contribution in [3.8, 4) is 0 Å². The summed E-state index contributed by atoms with van der Waals surface area (Å²) in [7, 11) is -3.23. The highest BCUT2D eigenvalue weighted by Crippen LogP contribution is 2.17. The molecule has 1 amide bonds. The molecule has 0 aromatic carbocycles. The topological polar surface area (TPSA) is 75.7 Å². The van der Waals surface area contributed by atoms with E-state index in [4.69, 9.17) is 4.74 Å². The molecule has 0 unspecified atom stereocenters. The van der Waals surface area contributed by atoms with E-state index >= 15 is 0 Å². The van der Waals surface area contributed by atoms with Gasteiger partial charge in [0, 0.05) is 19.6 Å². The second-order valence-electron chi connectivity index (χ2n) is 4.70. The number of likely N-dealkylation sites (tertiary alicyclic amines) is 1. The zero-order valence-electron chi connectivity index (χ0n) is 11.7. The highest BCUT2D eigenvalue weighted by atomic mass is 32.2. The lowest BCUT2D eigenvalue weighted by atomic mass is 10.1. The van der Waals surface area contributed by atoms with Crippen molar-refractivity contribution in [2.24, 2.45) is 0 Å². The molecule has 6 nitrogen and oxygen atoms in total. The first-order chi connectivity index (χ1) is 9.01. The van der Waals surface area contributed by atoms with Gasteiger partial charge in [0.15, 0.2) is 0 Å². The van der Waals surface area contributed by atoms with Crippen LogP contribution in [-0.2, 0) is 14.8 Å². The van der Waals surface area contributed by atoms with Gasteiger partial charge in [0.1, 0.15) is 0 Å². The van der Waals surface area contributed by atoms with Gasteiger partial charge in [0.05, 0.1) is 11.9 Å². The van der Waals surface area contributed by atoms with Crippen LogP contribution < -0.4 is 4.72 Å². The quantitative estimate of drug-likeness (QED) is 0.749. The number of carbonyl (C=O) groups is 1. The van der Waals surface area contributed by atoms with Crippen LogP contribution in [-0.4, -0.2) is 50.9 Å². The second kappa shape index (κ2) is 7.69. The van der Waals surface area contributed by atoms with Gasteiger partial charge in [0.25, 0.3) is 0 Å². The molecule has 0 spiro atoms. The molecular weight excluding hydrogens is 268 g/mol. The summed E-state index contributed by atoms with van der Waals surface area (Å²) in [4.78, 5) is 13.3. The van der Waals surface area contributed by atoms with Gasteiger partial charge in [-0.1, -0.05) is 20.3 Å². The summed E-state index contributed by atoms with van der Waals surface area (Å²) in [5.41, 5.74) is 0. The number of sulfonamides is 1. The lowest BCUT2D eigenvalue weighted by molar-refractivity contribution is 0.0943. The van der Waals surface area contributed by atoms with E-state index in [2.05, 4.69) is 4.72 Å². The van der Waals surface area contributed by atoms with Crippen LogP contribution in [0.5, 0.6) is 0 Å². The molecule has 1 N–H and O–H groups in total. The normalized spacial score (nSPS) is 17.5. The lowest BCUT2D eigenvalue weighted by Gasteiger charge is -2.30. The Morgan fingerprint density at radius 2 is 1.95 bits per heavy atom. The Morgan fingerprint density at radius 1 is 1.32 bits per heavy atom. The van der Waals surface area contributed by atoms with E-state index in [1.165, 1.54) is 0 Å². The van der Waals surface area contributed by atoms with Crippen molar-refractivity contribution in [2.75, 3.05) is 26.2 Å². The number of ether oxygens (including phenoxy) is 1. The Morgan fingerprint density at radius 3 is 2.47 bits per heavy atom. The van der Waals surface area contributed by atoms with E-state index in [0.29, 0.717) is 39.1 Å². The van der Waals surface area contributed by atoms with Crippen LogP contribution in [0.15, 0.2) is 0 Å². The molecule has 19 heavy (non-hydrogen) atoms. The lowest BCUT2D eigenvalue weighted by Crippen LogP contribution is -2.45. The van der Waals surface area contributed by atoms with Crippen molar-refractivity contribution < 1.29 is 17.9 Å². The van der Waals surface area contributed by atoms with Gasteiger partial charge in [-0.05, 0) is 19.3 Å². The maximum atomic E-state index is 11.8. The maximum Gasteiger partial charge on any atom is 0.409 e. The molecule has 0 saturated carbocycles. The molecule has 1 fully saturated rings. The number of hydrogen-bond acceptors (Lipinski definition) is 4.